The van der Waals surface area contributed by atoms with Crippen LogP contribution in [-0.4, -0.2) is 15.5 Å². The van der Waals surface area contributed by atoms with Gasteiger partial charge in [-0.15, -0.1) is 0 Å². The molecule has 0 saturated carbocycles. The Morgan fingerprint density at radius 3 is 2.88 bits per heavy atom. The Bertz CT molecular complexity index is 536. The first-order chi connectivity index (χ1) is 8.16. The van der Waals surface area contributed by atoms with E-state index in [1.165, 1.54) is 0 Å². The van der Waals surface area contributed by atoms with Crippen molar-refractivity contribution in [1.29, 1.82) is 0 Å². The van der Waals surface area contributed by atoms with Gasteiger partial charge in [0.05, 0.1) is 0 Å². The third-order valence-corrected chi connectivity index (χ3v) is 2.80. The summed E-state index contributed by atoms with van der Waals surface area (Å²) in [5.74, 6) is 0.389. The molecule has 1 aromatic heterocycles. The van der Waals surface area contributed by atoms with E-state index in [2.05, 4.69) is 4.98 Å². The van der Waals surface area contributed by atoms with Gasteiger partial charge in [0.15, 0.2) is 0 Å². The van der Waals surface area contributed by atoms with Crippen LogP contribution in [0, 0.1) is 0 Å². The minimum absolute atomic E-state index is 0.139. The summed E-state index contributed by atoms with van der Waals surface area (Å²) in [4.78, 5) is 15.1. The summed E-state index contributed by atoms with van der Waals surface area (Å²) in [7, 11) is 0. The summed E-state index contributed by atoms with van der Waals surface area (Å²) in [5.41, 5.74) is 6.14. The van der Waals surface area contributed by atoms with E-state index in [0.29, 0.717) is 11.4 Å². The van der Waals surface area contributed by atoms with E-state index in [1.54, 1.807) is 17.0 Å². The van der Waals surface area contributed by atoms with Gasteiger partial charge in [-0.05, 0) is 11.6 Å². The first-order valence-corrected chi connectivity index (χ1v) is 5.56. The molecule has 0 spiro atoms. The fraction of sp³-hybridized carbons (Fsp3) is 0.167. The maximum absolute atomic E-state index is 10.9. The van der Waals surface area contributed by atoms with Crippen molar-refractivity contribution in [1.82, 2.24) is 9.55 Å². The average molecular weight is 250 g/mol. The molecular weight excluding hydrogens is 238 g/mol. The minimum atomic E-state index is -0.386. The molecule has 1 aromatic carbocycles. The minimum Gasteiger partial charge on any atom is -0.368 e. The third kappa shape index (κ3) is 2.85. The van der Waals surface area contributed by atoms with E-state index in [9.17, 15) is 4.79 Å². The molecule has 17 heavy (non-hydrogen) atoms. The Morgan fingerprint density at radius 1 is 1.41 bits per heavy atom. The Kier molecular flexibility index (Phi) is 3.44. The molecule has 1 amide bonds. The van der Waals surface area contributed by atoms with E-state index in [-0.39, 0.29) is 12.5 Å². The zero-order chi connectivity index (χ0) is 12.3. The fourth-order valence-electron chi connectivity index (χ4n) is 1.63. The van der Waals surface area contributed by atoms with Crippen LogP contribution in [0.25, 0.3) is 0 Å². The Hall–Kier alpha value is -1.81. The summed E-state index contributed by atoms with van der Waals surface area (Å²) in [6, 6.07) is 7.56. The van der Waals surface area contributed by atoms with Crippen LogP contribution in [0.15, 0.2) is 36.7 Å². The summed E-state index contributed by atoms with van der Waals surface area (Å²) in [6.07, 6.45) is 3.96. The molecule has 0 radical (unpaired) electrons. The lowest BCUT2D eigenvalue weighted by Gasteiger charge is -2.06. The van der Waals surface area contributed by atoms with Crippen molar-refractivity contribution in [2.24, 2.45) is 5.73 Å². The van der Waals surface area contributed by atoms with Gasteiger partial charge in [-0.2, -0.15) is 0 Å². The number of benzene rings is 1. The van der Waals surface area contributed by atoms with E-state index in [0.717, 1.165) is 11.4 Å². The van der Waals surface area contributed by atoms with Crippen molar-refractivity contribution < 1.29 is 4.79 Å². The van der Waals surface area contributed by atoms with Gasteiger partial charge in [0, 0.05) is 23.8 Å². The number of carbonyl (C=O) groups is 1. The monoisotopic (exact) mass is 249 g/mol. The number of aromatic nitrogens is 2. The molecular formula is C12H12ClN3O. The second-order valence-corrected chi connectivity index (χ2v) is 4.11. The number of primary amides is 1. The van der Waals surface area contributed by atoms with Crippen LogP contribution in [0.5, 0.6) is 0 Å². The van der Waals surface area contributed by atoms with Gasteiger partial charge in [0.2, 0.25) is 5.91 Å². The molecule has 2 rings (SSSR count). The molecule has 2 aromatic rings. The predicted octanol–water partition coefficient (Wildman–Crippen LogP) is 1.61. The molecule has 0 aliphatic carbocycles. The summed E-state index contributed by atoms with van der Waals surface area (Å²) in [5, 5.41) is 0.695. The number of halogens is 1. The lowest BCUT2D eigenvalue weighted by Crippen LogP contribution is -2.19. The van der Waals surface area contributed by atoms with E-state index >= 15 is 0 Å². The summed E-state index contributed by atoms with van der Waals surface area (Å²) < 4.78 is 1.73. The van der Waals surface area contributed by atoms with Crippen molar-refractivity contribution in [3.63, 3.8) is 0 Å². The fourth-order valence-corrected chi connectivity index (χ4v) is 1.83. The van der Waals surface area contributed by atoms with Gasteiger partial charge < -0.3 is 10.3 Å². The molecule has 88 valence electrons. The van der Waals surface area contributed by atoms with E-state index in [4.69, 9.17) is 17.3 Å². The molecule has 0 aliphatic heterocycles. The van der Waals surface area contributed by atoms with Gasteiger partial charge in [-0.3, -0.25) is 4.79 Å². The van der Waals surface area contributed by atoms with Crippen molar-refractivity contribution in [3.05, 3.63) is 53.1 Å². The molecule has 0 unspecified atom stereocenters. The number of rotatable bonds is 4. The lowest BCUT2D eigenvalue weighted by atomic mass is 10.1. The first kappa shape index (κ1) is 11.7. The summed E-state index contributed by atoms with van der Waals surface area (Å²) in [6.45, 7) is 0.139. The molecule has 0 bridgehead atoms. The van der Waals surface area contributed by atoms with Gasteiger partial charge in [0.25, 0.3) is 0 Å². The molecule has 0 atom stereocenters. The molecule has 0 fully saturated rings. The van der Waals surface area contributed by atoms with Crippen LogP contribution in [0.3, 0.4) is 0 Å². The predicted molar refractivity (Wildman–Crippen MR) is 65.7 cm³/mol. The average Bonchev–Trinajstić information content (AvgIpc) is 2.68. The molecule has 0 saturated heterocycles. The Morgan fingerprint density at radius 2 is 2.18 bits per heavy atom. The second-order valence-electron chi connectivity index (χ2n) is 3.71. The normalized spacial score (nSPS) is 10.4. The van der Waals surface area contributed by atoms with Gasteiger partial charge in [-0.25, -0.2) is 4.98 Å². The van der Waals surface area contributed by atoms with Crippen molar-refractivity contribution in [2.75, 3.05) is 0 Å². The maximum Gasteiger partial charge on any atom is 0.237 e. The van der Waals surface area contributed by atoms with Crippen LogP contribution in [0.2, 0.25) is 5.02 Å². The topological polar surface area (TPSA) is 60.9 Å². The number of carbonyl (C=O) groups excluding carboxylic acids is 1. The van der Waals surface area contributed by atoms with Crippen LogP contribution < -0.4 is 5.73 Å². The zero-order valence-corrected chi connectivity index (χ0v) is 9.89. The number of nitrogens with zero attached hydrogens (tertiary/aromatic N) is 2. The number of amides is 1. The zero-order valence-electron chi connectivity index (χ0n) is 9.14. The molecule has 0 aliphatic rings. The number of imidazole rings is 1. The molecule has 4 nitrogen and oxygen atoms in total. The highest BCUT2D eigenvalue weighted by atomic mass is 35.5. The standard InChI is InChI=1S/C12H12ClN3O/c13-10-4-2-1-3-9(10)7-12-15-5-6-16(12)8-11(14)17/h1-6H,7-8H2,(H2,14,17). The lowest BCUT2D eigenvalue weighted by molar-refractivity contribution is -0.118. The van der Waals surface area contributed by atoms with Gasteiger partial charge in [0.1, 0.15) is 12.4 Å². The second kappa shape index (κ2) is 5.01. The highest BCUT2D eigenvalue weighted by molar-refractivity contribution is 6.31. The Labute approximate surface area is 104 Å². The summed E-state index contributed by atoms with van der Waals surface area (Å²) >= 11 is 6.07. The molecule has 1 heterocycles. The number of hydrogen-bond acceptors (Lipinski definition) is 2. The maximum atomic E-state index is 10.9. The first-order valence-electron chi connectivity index (χ1n) is 5.18. The van der Waals surface area contributed by atoms with Crippen molar-refractivity contribution >= 4 is 17.5 Å². The van der Waals surface area contributed by atoms with Gasteiger partial charge in [-0.1, -0.05) is 29.8 Å². The highest BCUT2D eigenvalue weighted by Crippen LogP contribution is 2.18. The molecule has 5 heteroatoms. The quantitative estimate of drug-likeness (QED) is 0.895. The van der Waals surface area contributed by atoms with Crippen LogP contribution in [0.1, 0.15) is 11.4 Å². The molecule has 2 N–H and O–H groups in total. The Balaban J connectivity index is 2.22. The third-order valence-electron chi connectivity index (χ3n) is 2.43. The van der Waals surface area contributed by atoms with E-state index in [1.807, 2.05) is 24.3 Å². The van der Waals surface area contributed by atoms with Crippen LogP contribution in [-0.2, 0) is 17.8 Å². The van der Waals surface area contributed by atoms with Crippen LogP contribution >= 0.6 is 11.6 Å². The number of hydrogen-bond donors (Lipinski definition) is 1. The van der Waals surface area contributed by atoms with E-state index < -0.39 is 0 Å². The van der Waals surface area contributed by atoms with Crippen molar-refractivity contribution in [3.8, 4) is 0 Å². The smallest absolute Gasteiger partial charge is 0.237 e. The highest BCUT2D eigenvalue weighted by Gasteiger charge is 2.08. The van der Waals surface area contributed by atoms with Gasteiger partial charge >= 0.3 is 0 Å². The van der Waals surface area contributed by atoms with Crippen LogP contribution in [0.4, 0.5) is 0 Å². The van der Waals surface area contributed by atoms with Crippen molar-refractivity contribution in [2.45, 2.75) is 13.0 Å². The SMILES string of the molecule is NC(=O)Cn1ccnc1Cc1ccccc1Cl. The largest absolute Gasteiger partial charge is 0.368 e. The number of nitrogens with two attached hydrogens (primary N) is 1.